The van der Waals surface area contributed by atoms with E-state index in [1.807, 2.05) is 7.05 Å². The van der Waals surface area contributed by atoms with E-state index >= 15 is 0 Å². The zero-order valence-electron chi connectivity index (χ0n) is 15.7. The minimum Gasteiger partial charge on any atom is -0.320 e. The molecule has 0 saturated carbocycles. The van der Waals surface area contributed by atoms with E-state index in [0.717, 1.165) is 13.0 Å². The Bertz CT molecular complexity index is 359. The molecule has 0 aromatic rings. The van der Waals surface area contributed by atoms with Crippen LogP contribution in [0, 0.1) is 0 Å². The fourth-order valence-electron chi connectivity index (χ4n) is 2.18. The zero-order valence-corrected chi connectivity index (χ0v) is 17.4. The molecule has 0 unspecified atom stereocenters. The van der Waals surface area contributed by atoms with Crippen LogP contribution in [0.15, 0.2) is 0 Å². The van der Waals surface area contributed by atoms with Gasteiger partial charge < -0.3 is 23.4 Å². The monoisotopic (exact) mass is 388 g/mol. The molecule has 0 spiro atoms. The SMILES string of the molecule is CCOP(=O)(CN(CCCNC)CP(=O)(OCC)OCC)OCC. The Kier molecular flexibility index (Phi) is 13.6. The van der Waals surface area contributed by atoms with E-state index in [-0.39, 0.29) is 39.0 Å². The molecule has 146 valence electrons. The molecule has 0 amide bonds. The Hall–Kier alpha value is 0.220. The van der Waals surface area contributed by atoms with Gasteiger partial charge in [-0.1, -0.05) is 0 Å². The van der Waals surface area contributed by atoms with Crippen LogP contribution in [0.4, 0.5) is 0 Å². The minimum absolute atomic E-state index is 0.0581. The summed E-state index contributed by atoms with van der Waals surface area (Å²) in [4.78, 5) is 1.79. The minimum atomic E-state index is -3.27. The van der Waals surface area contributed by atoms with Gasteiger partial charge in [-0.2, -0.15) is 0 Å². The summed E-state index contributed by atoms with van der Waals surface area (Å²) < 4.78 is 47.0. The van der Waals surface area contributed by atoms with Gasteiger partial charge in [-0.05, 0) is 47.7 Å². The molecule has 0 aliphatic rings. The lowest BCUT2D eigenvalue weighted by molar-refractivity contribution is 0.183. The van der Waals surface area contributed by atoms with Gasteiger partial charge >= 0.3 is 15.2 Å². The predicted octanol–water partition coefficient (Wildman–Crippen LogP) is 3.35. The third-order valence-electron chi connectivity index (χ3n) is 2.95. The van der Waals surface area contributed by atoms with Gasteiger partial charge in [0.15, 0.2) is 0 Å². The highest BCUT2D eigenvalue weighted by Crippen LogP contribution is 2.53. The lowest BCUT2D eigenvalue weighted by Gasteiger charge is -2.29. The maximum absolute atomic E-state index is 12.8. The maximum Gasteiger partial charge on any atom is 0.344 e. The number of rotatable bonds is 16. The van der Waals surface area contributed by atoms with Crippen molar-refractivity contribution in [2.24, 2.45) is 0 Å². The average molecular weight is 388 g/mol. The molecule has 0 aliphatic heterocycles. The van der Waals surface area contributed by atoms with Crippen LogP contribution in [-0.4, -0.2) is 64.0 Å². The van der Waals surface area contributed by atoms with Crippen LogP contribution in [0.25, 0.3) is 0 Å². The highest BCUT2D eigenvalue weighted by Gasteiger charge is 2.33. The van der Waals surface area contributed by atoms with Crippen LogP contribution in [0.1, 0.15) is 34.1 Å². The van der Waals surface area contributed by atoms with Crippen molar-refractivity contribution >= 4 is 15.2 Å². The fraction of sp³-hybridized carbons (Fsp3) is 1.00. The first-order chi connectivity index (χ1) is 11.4. The van der Waals surface area contributed by atoms with Gasteiger partial charge in [0.05, 0.1) is 26.4 Å². The largest absolute Gasteiger partial charge is 0.344 e. The van der Waals surface area contributed by atoms with Crippen LogP contribution in [0.2, 0.25) is 0 Å². The summed E-state index contributed by atoms with van der Waals surface area (Å²) >= 11 is 0. The molecule has 0 rings (SSSR count). The van der Waals surface area contributed by atoms with Gasteiger partial charge in [0, 0.05) is 6.54 Å². The van der Waals surface area contributed by atoms with E-state index in [1.54, 1.807) is 32.6 Å². The van der Waals surface area contributed by atoms with Crippen molar-refractivity contribution < 1.29 is 27.2 Å². The normalized spacial score (nSPS) is 12.9. The zero-order chi connectivity index (χ0) is 18.5. The Labute approximate surface area is 146 Å². The van der Waals surface area contributed by atoms with E-state index < -0.39 is 15.2 Å². The topological polar surface area (TPSA) is 86.3 Å². The summed E-state index contributed by atoms with van der Waals surface area (Å²) in [5.41, 5.74) is 0. The predicted molar refractivity (Wildman–Crippen MR) is 96.7 cm³/mol. The summed E-state index contributed by atoms with van der Waals surface area (Å²) in [5.74, 6) is 0. The van der Waals surface area contributed by atoms with Crippen molar-refractivity contribution in [1.29, 1.82) is 0 Å². The number of nitrogens with zero attached hydrogens (tertiary/aromatic N) is 1. The molecule has 0 atom stereocenters. The quantitative estimate of drug-likeness (QED) is 0.318. The second-order valence-corrected chi connectivity index (χ2v) is 9.07. The molecule has 0 heterocycles. The second-order valence-electron chi connectivity index (χ2n) is 5.03. The summed E-state index contributed by atoms with van der Waals surface area (Å²) in [6.07, 6.45) is 0.915. The third-order valence-corrected chi connectivity index (χ3v) is 7.05. The molecular formula is C14H34N2O6P2. The van der Waals surface area contributed by atoms with Gasteiger partial charge in [0.1, 0.15) is 12.6 Å². The first-order valence-corrected chi connectivity index (χ1v) is 12.0. The van der Waals surface area contributed by atoms with Crippen molar-refractivity contribution in [2.75, 3.05) is 59.1 Å². The smallest absolute Gasteiger partial charge is 0.320 e. The Morgan fingerprint density at radius 2 is 1.17 bits per heavy atom. The standard InChI is InChI=1S/C14H34N2O6P2/c1-6-19-23(17,20-7-2)13-16(12-10-11-15-5)14-24(18,21-8-3)22-9-4/h15H,6-14H2,1-5H3. The van der Waals surface area contributed by atoms with Crippen molar-refractivity contribution in [3.05, 3.63) is 0 Å². The van der Waals surface area contributed by atoms with E-state index in [4.69, 9.17) is 18.1 Å². The van der Waals surface area contributed by atoms with Crippen molar-refractivity contribution in [3.8, 4) is 0 Å². The molecule has 0 bridgehead atoms. The lowest BCUT2D eigenvalue weighted by atomic mass is 10.4. The third kappa shape index (κ3) is 10.3. The summed E-state index contributed by atoms with van der Waals surface area (Å²) in [6.45, 7) is 9.58. The number of nitrogens with one attached hydrogen (secondary N) is 1. The first-order valence-electron chi connectivity index (χ1n) is 8.51. The lowest BCUT2D eigenvalue weighted by Crippen LogP contribution is -2.30. The molecule has 0 saturated heterocycles. The molecule has 0 aliphatic carbocycles. The van der Waals surface area contributed by atoms with Crippen molar-refractivity contribution in [1.82, 2.24) is 10.2 Å². The van der Waals surface area contributed by atoms with Crippen LogP contribution >= 0.6 is 15.2 Å². The highest BCUT2D eigenvalue weighted by atomic mass is 31.2. The van der Waals surface area contributed by atoms with Gasteiger partial charge in [0.2, 0.25) is 0 Å². The summed E-state index contributed by atoms with van der Waals surface area (Å²) in [6, 6.07) is 0. The fourth-order valence-corrected chi connectivity index (χ4v) is 5.85. The maximum atomic E-state index is 12.8. The molecule has 0 radical (unpaired) electrons. The molecule has 10 heteroatoms. The molecule has 0 aromatic heterocycles. The average Bonchev–Trinajstić information content (AvgIpc) is 2.48. The number of hydrogen-bond donors (Lipinski definition) is 1. The van der Waals surface area contributed by atoms with Gasteiger partial charge in [0.25, 0.3) is 0 Å². The van der Waals surface area contributed by atoms with E-state index in [0.29, 0.717) is 6.54 Å². The molecular weight excluding hydrogens is 354 g/mol. The van der Waals surface area contributed by atoms with Crippen molar-refractivity contribution in [2.45, 2.75) is 34.1 Å². The molecule has 0 fully saturated rings. The van der Waals surface area contributed by atoms with E-state index in [1.165, 1.54) is 0 Å². The van der Waals surface area contributed by atoms with Crippen LogP contribution in [0.3, 0.4) is 0 Å². The van der Waals surface area contributed by atoms with Gasteiger partial charge in [-0.3, -0.25) is 14.0 Å². The van der Waals surface area contributed by atoms with E-state index in [2.05, 4.69) is 5.32 Å². The Morgan fingerprint density at radius 1 is 0.792 bits per heavy atom. The van der Waals surface area contributed by atoms with Crippen LogP contribution < -0.4 is 5.32 Å². The van der Waals surface area contributed by atoms with Crippen LogP contribution in [0.5, 0.6) is 0 Å². The molecule has 1 N–H and O–H groups in total. The molecule has 0 aromatic carbocycles. The van der Waals surface area contributed by atoms with Crippen molar-refractivity contribution in [3.63, 3.8) is 0 Å². The summed E-state index contributed by atoms with van der Waals surface area (Å²) in [7, 11) is -4.69. The highest BCUT2D eigenvalue weighted by molar-refractivity contribution is 7.54. The molecule has 24 heavy (non-hydrogen) atoms. The number of hydrogen-bond acceptors (Lipinski definition) is 8. The Morgan fingerprint density at radius 3 is 1.46 bits per heavy atom. The first kappa shape index (κ1) is 24.2. The van der Waals surface area contributed by atoms with Gasteiger partial charge in [-0.15, -0.1) is 0 Å². The molecule has 8 nitrogen and oxygen atoms in total. The van der Waals surface area contributed by atoms with Gasteiger partial charge in [-0.25, -0.2) is 0 Å². The Balaban J connectivity index is 5.12. The van der Waals surface area contributed by atoms with E-state index in [9.17, 15) is 9.13 Å². The second kappa shape index (κ2) is 13.4. The summed E-state index contributed by atoms with van der Waals surface area (Å²) in [5, 5.41) is 3.06. The van der Waals surface area contributed by atoms with Crippen LogP contribution in [-0.2, 0) is 27.2 Å².